The van der Waals surface area contributed by atoms with Gasteiger partial charge in [-0.05, 0) is 56.9 Å². The summed E-state index contributed by atoms with van der Waals surface area (Å²) in [5.41, 5.74) is 4.94. The highest BCUT2D eigenvalue weighted by atomic mass is 19.3. The molecule has 2 fully saturated rings. The highest BCUT2D eigenvalue weighted by Gasteiger charge is 2.35. The second kappa shape index (κ2) is 16.6. The van der Waals surface area contributed by atoms with Crippen LogP contribution in [0.4, 0.5) is 22.4 Å². The van der Waals surface area contributed by atoms with Crippen LogP contribution >= 0.6 is 0 Å². The van der Waals surface area contributed by atoms with Crippen LogP contribution in [0.2, 0.25) is 0 Å². The number of oxazole rings is 1. The number of nitrogens with two attached hydrogens (primary N) is 1. The first-order chi connectivity index (χ1) is 24.4. The summed E-state index contributed by atoms with van der Waals surface area (Å²) in [6, 6.07) is 6.66. The topological polar surface area (TPSA) is 167 Å². The van der Waals surface area contributed by atoms with E-state index in [0.29, 0.717) is 45.1 Å². The molecule has 0 unspecified atom stereocenters. The van der Waals surface area contributed by atoms with Crippen molar-refractivity contribution in [3.8, 4) is 23.0 Å². The molecule has 1 aliphatic heterocycles. The van der Waals surface area contributed by atoms with E-state index < -0.39 is 36.4 Å². The summed E-state index contributed by atoms with van der Waals surface area (Å²) in [7, 11) is 0. The third-order valence-electron chi connectivity index (χ3n) is 8.31. The van der Waals surface area contributed by atoms with Gasteiger partial charge in [-0.15, -0.1) is 0 Å². The van der Waals surface area contributed by atoms with E-state index in [2.05, 4.69) is 15.0 Å². The van der Waals surface area contributed by atoms with E-state index in [1.165, 1.54) is 25.1 Å². The number of rotatable bonds is 15. The van der Waals surface area contributed by atoms with Crippen molar-refractivity contribution in [3.63, 3.8) is 0 Å². The summed E-state index contributed by atoms with van der Waals surface area (Å²) >= 11 is 0. The van der Waals surface area contributed by atoms with E-state index in [9.17, 15) is 36.7 Å². The van der Waals surface area contributed by atoms with Crippen molar-refractivity contribution in [1.29, 1.82) is 0 Å². The van der Waals surface area contributed by atoms with Gasteiger partial charge in [-0.2, -0.15) is 8.78 Å². The predicted molar refractivity (Wildman–Crippen MR) is 170 cm³/mol. The number of hydrogen-bond acceptors (Lipinski definition) is 9. The van der Waals surface area contributed by atoms with Crippen LogP contribution in [-0.4, -0.2) is 78.0 Å². The molecule has 1 aromatic heterocycles. The Balaban J connectivity index is 1.23. The van der Waals surface area contributed by atoms with Crippen LogP contribution in [0.15, 0.2) is 40.8 Å². The number of benzene rings is 2. The molecule has 0 spiro atoms. The molecule has 3 aromatic rings. The standard InChI is InChI=1S/C34H37F4N5O8/c1-19(49-34(39)47)29-28(30(45)40-18-22-7-9-23(35)17-24(22)36)41-31(51-29)21-8-10-25(50-33(37)38)26(16-21)48-15-3-2-4-27(44)42-11-13-43(14-12-42)32(46)20-5-6-20/h7-10,16-17,19-20,33H,2-6,11-15,18H2,1H3,(H2,39,47)(H,40,45)/t19-/m0/s1. The summed E-state index contributed by atoms with van der Waals surface area (Å²) in [6.07, 6.45) is 0.566. The van der Waals surface area contributed by atoms with Crippen LogP contribution < -0.4 is 20.5 Å². The zero-order valence-electron chi connectivity index (χ0n) is 27.7. The molecule has 1 saturated carbocycles. The Morgan fingerprint density at radius 1 is 1.00 bits per heavy atom. The number of nitrogens with zero attached hydrogens (tertiary/aromatic N) is 3. The van der Waals surface area contributed by atoms with Crippen LogP contribution in [-0.2, 0) is 20.9 Å². The normalized spacial score (nSPS) is 15.0. The van der Waals surface area contributed by atoms with Gasteiger partial charge < -0.3 is 39.5 Å². The molecule has 2 aliphatic rings. The molecule has 13 nitrogen and oxygen atoms in total. The number of hydrogen-bond donors (Lipinski definition) is 2. The number of aromatic nitrogens is 1. The number of carbonyl (C=O) groups excluding carboxylic acids is 4. The molecule has 0 bridgehead atoms. The van der Waals surface area contributed by atoms with Crippen LogP contribution in [0.1, 0.15) is 66.9 Å². The molecule has 1 saturated heterocycles. The number of nitrogens with one attached hydrogen (secondary N) is 1. The first-order valence-electron chi connectivity index (χ1n) is 16.4. The summed E-state index contributed by atoms with van der Waals surface area (Å²) in [5, 5.41) is 2.45. The van der Waals surface area contributed by atoms with Crippen molar-refractivity contribution in [2.24, 2.45) is 11.7 Å². The lowest BCUT2D eigenvalue weighted by atomic mass is 10.2. The van der Waals surface area contributed by atoms with Gasteiger partial charge in [0.15, 0.2) is 29.1 Å². The molecule has 3 N–H and O–H groups in total. The van der Waals surface area contributed by atoms with Gasteiger partial charge in [-0.3, -0.25) is 14.4 Å². The second-order valence-corrected chi connectivity index (χ2v) is 12.1. The number of halogens is 4. The lowest BCUT2D eigenvalue weighted by Gasteiger charge is -2.35. The molecule has 2 aromatic carbocycles. The fourth-order valence-corrected chi connectivity index (χ4v) is 5.48. The Morgan fingerprint density at radius 2 is 1.73 bits per heavy atom. The van der Waals surface area contributed by atoms with E-state index >= 15 is 0 Å². The van der Waals surface area contributed by atoms with E-state index in [1.54, 1.807) is 4.90 Å². The summed E-state index contributed by atoms with van der Waals surface area (Å²) in [4.78, 5) is 57.3. The number of piperazine rings is 1. The number of amides is 4. The Kier molecular flexibility index (Phi) is 12.0. The minimum absolute atomic E-state index is 0.0168. The Morgan fingerprint density at radius 3 is 2.39 bits per heavy atom. The fraction of sp³-hybridized carbons (Fsp3) is 0.441. The summed E-state index contributed by atoms with van der Waals surface area (Å²) < 4.78 is 75.0. The quantitative estimate of drug-likeness (QED) is 0.164. The molecule has 17 heteroatoms. The van der Waals surface area contributed by atoms with Crippen molar-refractivity contribution < 1.29 is 55.4 Å². The molecule has 4 amide bonds. The molecular weight excluding hydrogens is 682 g/mol. The van der Waals surface area contributed by atoms with E-state index in [-0.39, 0.29) is 77.3 Å². The van der Waals surface area contributed by atoms with Gasteiger partial charge in [-0.1, -0.05) is 6.07 Å². The van der Waals surface area contributed by atoms with E-state index in [1.807, 2.05) is 4.90 Å². The summed E-state index contributed by atoms with van der Waals surface area (Å²) in [6.45, 7) is -0.149. The average molecular weight is 720 g/mol. The minimum Gasteiger partial charge on any atom is -0.490 e. The molecular formula is C34H37F4N5O8. The van der Waals surface area contributed by atoms with Crippen molar-refractivity contribution in [3.05, 3.63) is 65.1 Å². The van der Waals surface area contributed by atoms with Crippen molar-refractivity contribution in [2.45, 2.75) is 58.3 Å². The SMILES string of the molecule is C[C@H](OC(N)=O)c1oc(-c2ccc(OC(F)F)c(OCCCCC(=O)N3CCN(C(=O)C4CC4)CC3)c2)nc1C(=O)NCc1ccc(F)cc1F. The zero-order valence-corrected chi connectivity index (χ0v) is 27.7. The van der Waals surface area contributed by atoms with Gasteiger partial charge in [0.05, 0.1) is 6.61 Å². The summed E-state index contributed by atoms with van der Waals surface area (Å²) in [5.74, 6) is -3.10. The van der Waals surface area contributed by atoms with Crippen LogP contribution in [0.5, 0.6) is 11.5 Å². The van der Waals surface area contributed by atoms with Gasteiger partial charge in [0.25, 0.3) is 5.91 Å². The average Bonchev–Trinajstić information content (AvgIpc) is 3.84. The van der Waals surface area contributed by atoms with Crippen LogP contribution in [0.25, 0.3) is 11.5 Å². The van der Waals surface area contributed by atoms with Crippen LogP contribution in [0, 0.1) is 17.6 Å². The Labute approximate surface area is 290 Å². The van der Waals surface area contributed by atoms with Crippen molar-refractivity contribution in [1.82, 2.24) is 20.1 Å². The number of ether oxygens (including phenoxy) is 3. The first-order valence-corrected chi connectivity index (χ1v) is 16.4. The molecule has 51 heavy (non-hydrogen) atoms. The van der Waals surface area contributed by atoms with Gasteiger partial charge in [0.2, 0.25) is 17.7 Å². The third kappa shape index (κ3) is 9.88. The highest BCUT2D eigenvalue weighted by Crippen LogP contribution is 2.36. The highest BCUT2D eigenvalue weighted by molar-refractivity contribution is 5.94. The lowest BCUT2D eigenvalue weighted by molar-refractivity contribution is -0.140. The van der Waals surface area contributed by atoms with Crippen molar-refractivity contribution in [2.75, 3.05) is 32.8 Å². The van der Waals surface area contributed by atoms with Crippen LogP contribution in [0.3, 0.4) is 0 Å². The maximum atomic E-state index is 14.1. The molecule has 1 atom stereocenters. The smallest absolute Gasteiger partial charge is 0.405 e. The predicted octanol–water partition coefficient (Wildman–Crippen LogP) is 4.94. The van der Waals surface area contributed by atoms with Gasteiger partial charge >= 0.3 is 12.7 Å². The maximum Gasteiger partial charge on any atom is 0.405 e. The van der Waals surface area contributed by atoms with Gasteiger partial charge in [0, 0.05) is 62.3 Å². The Bertz CT molecular complexity index is 1740. The fourth-order valence-electron chi connectivity index (χ4n) is 5.48. The third-order valence-corrected chi connectivity index (χ3v) is 8.31. The van der Waals surface area contributed by atoms with Gasteiger partial charge in [0.1, 0.15) is 11.6 Å². The largest absolute Gasteiger partial charge is 0.490 e. The number of primary amides is 1. The molecule has 274 valence electrons. The molecule has 5 rings (SSSR count). The van der Waals surface area contributed by atoms with E-state index in [0.717, 1.165) is 25.0 Å². The molecule has 1 aliphatic carbocycles. The monoisotopic (exact) mass is 719 g/mol. The zero-order chi connectivity index (χ0) is 36.7. The molecule has 0 radical (unpaired) electrons. The van der Waals surface area contributed by atoms with Gasteiger partial charge in [-0.25, -0.2) is 18.6 Å². The van der Waals surface area contributed by atoms with E-state index in [4.69, 9.17) is 19.6 Å². The minimum atomic E-state index is -3.17. The number of carbonyl (C=O) groups is 4. The number of alkyl halides is 2. The molecule has 2 heterocycles. The maximum absolute atomic E-state index is 14.1. The lowest BCUT2D eigenvalue weighted by Crippen LogP contribution is -2.51. The Hall–Kier alpha value is -5.35. The van der Waals surface area contributed by atoms with Crippen molar-refractivity contribution >= 4 is 23.8 Å². The first kappa shape index (κ1) is 36.9. The number of unbranched alkanes of at least 4 members (excludes halogenated alkanes) is 1. The second-order valence-electron chi connectivity index (χ2n) is 12.1.